The maximum Gasteiger partial charge on any atom is 0.325 e. The van der Waals surface area contributed by atoms with Gasteiger partial charge in [0.2, 0.25) is 0 Å². The van der Waals surface area contributed by atoms with Gasteiger partial charge in [-0.1, -0.05) is 12.1 Å². The highest BCUT2D eigenvalue weighted by atomic mass is 32.2. The van der Waals surface area contributed by atoms with E-state index in [1.807, 2.05) is 0 Å². The van der Waals surface area contributed by atoms with Crippen LogP contribution in [0.4, 0.5) is 4.39 Å². The van der Waals surface area contributed by atoms with Gasteiger partial charge in [0.25, 0.3) is 0 Å². The molecule has 1 aromatic carbocycles. The number of nitrogens with one attached hydrogen (secondary N) is 1. The van der Waals surface area contributed by atoms with E-state index in [0.29, 0.717) is 16.7 Å². The molecule has 0 heterocycles. The summed E-state index contributed by atoms with van der Waals surface area (Å²) in [6.07, 6.45) is 3.99. The number of carbonyl (C=O) groups is 1. The summed E-state index contributed by atoms with van der Waals surface area (Å²) in [6, 6.07) is 6.87. The lowest BCUT2D eigenvalue weighted by Crippen LogP contribution is -2.57. The second kappa shape index (κ2) is 5.37. The number of hydrogen-bond acceptors (Lipinski definition) is 3. The Kier molecular flexibility index (Phi) is 3.73. The van der Waals surface area contributed by atoms with Crippen molar-refractivity contribution in [3.05, 3.63) is 30.1 Å². The summed E-state index contributed by atoms with van der Waals surface area (Å²) < 4.78 is 13.7. The first-order valence-electron chi connectivity index (χ1n) is 7.00. The Balaban J connectivity index is 1.75. The fourth-order valence-electron chi connectivity index (χ4n) is 2.50. The number of rotatable bonds is 7. The highest BCUT2D eigenvalue weighted by molar-refractivity contribution is 7.99. The Morgan fingerprint density at radius 2 is 2.05 bits per heavy atom. The van der Waals surface area contributed by atoms with Crippen LogP contribution in [-0.4, -0.2) is 28.4 Å². The van der Waals surface area contributed by atoms with Crippen molar-refractivity contribution in [2.45, 2.75) is 42.2 Å². The molecule has 2 aliphatic carbocycles. The Morgan fingerprint density at radius 1 is 1.35 bits per heavy atom. The zero-order chi connectivity index (χ0) is 14.2. The van der Waals surface area contributed by atoms with E-state index < -0.39 is 11.5 Å². The number of thioether (sulfide) groups is 1. The van der Waals surface area contributed by atoms with Crippen LogP contribution in [0.25, 0.3) is 0 Å². The van der Waals surface area contributed by atoms with Crippen LogP contribution in [0.5, 0.6) is 0 Å². The van der Waals surface area contributed by atoms with Gasteiger partial charge in [-0.15, -0.1) is 11.8 Å². The largest absolute Gasteiger partial charge is 0.480 e. The lowest BCUT2D eigenvalue weighted by atomic mass is 9.95. The van der Waals surface area contributed by atoms with Crippen LogP contribution < -0.4 is 5.32 Å². The molecule has 108 valence electrons. The van der Waals surface area contributed by atoms with Crippen LogP contribution in [-0.2, 0) is 4.79 Å². The van der Waals surface area contributed by atoms with Gasteiger partial charge >= 0.3 is 5.97 Å². The number of hydrogen-bond donors (Lipinski definition) is 2. The van der Waals surface area contributed by atoms with E-state index in [-0.39, 0.29) is 11.7 Å². The van der Waals surface area contributed by atoms with Crippen LogP contribution in [0.15, 0.2) is 29.2 Å². The molecule has 0 bridgehead atoms. The van der Waals surface area contributed by atoms with Crippen molar-refractivity contribution in [2.75, 3.05) is 5.75 Å². The molecular formula is C15H18FNO2S. The third-order valence-electron chi connectivity index (χ3n) is 3.99. The van der Waals surface area contributed by atoms with Crippen molar-refractivity contribution in [3.63, 3.8) is 0 Å². The third kappa shape index (κ3) is 2.83. The second-order valence-corrected chi connectivity index (χ2v) is 6.71. The van der Waals surface area contributed by atoms with Gasteiger partial charge in [-0.25, -0.2) is 4.39 Å². The zero-order valence-corrected chi connectivity index (χ0v) is 12.0. The van der Waals surface area contributed by atoms with E-state index in [1.165, 1.54) is 17.8 Å². The second-order valence-electron chi connectivity index (χ2n) is 5.69. The van der Waals surface area contributed by atoms with Gasteiger partial charge in [0.1, 0.15) is 11.4 Å². The molecular weight excluding hydrogens is 277 g/mol. The number of carboxylic acids is 1. The Labute approximate surface area is 121 Å². The van der Waals surface area contributed by atoms with Crippen molar-refractivity contribution in [3.8, 4) is 0 Å². The van der Waals surface area contributed by atoms with Gasteiger partial charge < -0.3 is 5.11 Å². The first-order valence-corrected chi connectivity index (χ1v) is 7.99. The van der Waals surface area contributed by atoms with Gasteiger partial charge in [0.15, 0.2) is 0 Å². The molecule has 0 aliphatic heterocycles. The first kappa shape index (κ1) is 13.9. The summed E-state index contributed by atoms with van der Waals surface area (Å²) in [7, 11) is 0. The van der Waals surface area contributed by atoms with E-state index >= 15 is 0 Å². The smallest absolute Gasteiger partial charge is 0.325 e. The molecule has 1 unspecified atom stereocenters. The van der Waals surface area contributed by atoms with Gasteiger partial charge in [-0.2, -0.15) is 0 Å². The lowest BCUT2D eigenvalue weighted by Gasteiger charge is -2.30. The molecule has 20 heavy (non-hydrogen) atoms. The highest BCUT2D eigenvalue weighted by Gasteiger charge is 2.53. The summed E-state index contributed by atoms with van der Waals surface area (Å²) >= 11 is 1.30. The average Bonchev–Trinajstić information content (AvgIpc) is 3.27. The molecule has 0 spiro atoms. The molecule has 2 fully saturated rings. The Hall–Kier alpha value is -1.07. The van der Waals surface area contributed by atoms with E-state index in [1.54, 1.807) is 18.2 Å². The number of carboxylic acid groups (broad SMARTS) is 1. The lowest BCUT2D eigenvalue weighted by molar-refractivity contribution is -0.145. The Morgan fingerprint density at radius 3 is 2.60 bits per heavy atom. The minimum absolute atomic E-state index is 0.180. The van der Waals surface area contributed by atoms with Crippen molar-refractivity contribution in [2.24, 2.45) is 5.92 Å². The summed E-state index contributed by atoms with van der Waals surface area (Å²) in [5.74, 6) is -0.514. The number of halogens is 1. The van der Waals surface area contributed by atoms with Crippen molar-refractivity contribution >= 4 is 17.7 Å². The molecule has 0 aromatic heterocycles. The minimum atomic E-state index is -0.895. The van der Waals surface area contributed by atoms with Gasteiger partial charge in [-0.3, -0.25) is 10.1 Å². The monoisotopic (exact) mass is 295 g/mol. The summed E-state index contributed by atoms with van der Waals surface area (Å²) in [6.45, 7) is 0. The SMILES string of the molecule is O=C(O)C(CSc1ccccc1F)(NC1CC1)C1CC1. The molecule has 5 heteroatoms. The van der Waals surface area contributed by atoms with Crippen LogP contribution in [0, 0.1) is 11.7 Å². The molecule has 2 aliphatic rings. The molecule has 0 saturated heterocycles. The molecule has 1 aromatic rings. The molecule has 0 amide bonds. The first-order chi connectivity index (χ1) is 9.62. The van der Waals surface area contributed by atoms with Crippen LogP contribution in [0.2, 0.25) is 0 Å². The Bertz CT molecular complexity index is 516. The number of benzene rings is 1. The quantitative estimate of drug-likeness (QED) is 0.759. The average molecular weight is 295 g/mol. The van der Waals surface area contributed by atoms with E-state index in [4.69, 9.17) is 0 Å². The highest BCUT2D eigenvalue weighted by Crippen LogP contribution is 2.44. The standard InChI is InChI=1S/C15H18FNO2S/c16-12-3-1-2-4-13(12)20-9-15(14(18)19,10-5-6-10)17-11-7-8-11/h1-4,10-11,17H,5-9H2,(H,18,19). The topological polar surface area (TPSA) is 49.3 Å². The van der Waals surface area contributed by atoms with Crippen LogP contribution in [0.3, 0.4) is 0 Å². The van der Waals surface area contributed by atoms with Crippen molar-refractivity contribution in [1.82, 2.24) is 5.32 Å². The summed E-state index contributed by atoms with van der Waals surface area (Å²) in [5, 5.41) is 13.0. The fourth-order valence-corrected chi connectivity index (χ4v) is 3.70. The molecule has 3 rings (SSSR count). The molecule has 3 nitrogen and oxygen atoms in total. The van der Waals surface area contributed by atoms with Gasteiger partial charge in [0, 0.05) is 16.7 Å². The van der Waals surface area contributed by atoms with Crippen LogP contribution in [0.1, 0.15) is 25.7 Å². The zero-order valence-electron chi connectivity index (χ0n) is 11.1. The summed E-state index contributed by atoms with van der Waals surface area (Å²) in [4.78, 5) is 12.3. The molecule has 2 N–H and O–H groups in total. The van der Waals surface area contributed by atoms with Gasteiger partial charge in [0.05, 0.1) is 0 Å². The number of aliphatic carboxylic acids is 1. The molecule has 2 saturated carbocycles. The maximum absolute atomic E-state index is 13.7. The predicted octanol–water partition coefficient (Wildman–Crippen LogP) is 2.90. The summed E-state index contributed by atoms with van der Waals surface area (Å²) in [5.41, 5.74) is -0.895. The van der Waals surface area contributed by atoms with Crippen molar-refractivity contribution < 1.29 is 14.3 Å². The maximum atomic E-state index is 13.7. The van der Waals surface area contributed by atoms with Crippen molar-refractivity contribution in [1.29, 1.82) is 0 Å². The normalized spacial score (nSPS) is 21.4. The van der Waals surface area contributed by atoms with E-state index in [9.17, 15) is 14.3 Å². The molecule has 1 atom stereocenters. The third-order valence-corrected chi connectivity index (χ3v) is 5.23. The van der Waals surface area contributed by atoms with Gasteiger partial charge in [-0.05, 0) is 43.7 Å². The predicted molar refractivity (Wildman–Crippen MR) is 76.4 cm³/mol. The van der Waals surface area contributed by atoms with E-state index in [0.717, 1.165) is 25.7 Å². The molecule has 0 radical (unpaired) electrons. The van der Waals surface area contributed by atoms with E-state index in [2.05, 4.69) is 5.32 Å². The van der Waals surface area contributed by atoms with Crippen LogP contribution >= 0.6 is 11.8 Å². The fraction of sp³-hybridized carbons (Fsp3) is 0.533. The minimum Gasteiger partial charge on any atom is -0.480 e.